The van der Waals surface area contributed by atoms with Gasteiger partial charge in [0.15, 0.2) is 0 Å². The van der Waals surface area contributed by atoms with E-state index in [0.29, 0.717) is 12.1 Å². The number of hydrogen-bond acceptors (Lipinski definition) is 6. The number of nitrogens with zero attached hydrogens (tertiary/aromatic N) is 4. The van der Waals surface area contributed by atoms with Gasteiger partial charge in [0.25, 0.3) is 5.56 Å². The molecule has 1 N–H and O–H groups in total. The van der Waals surface area contributed by atoms with Crippen LogP contribution in [0.4, 0.5) is 5.69 Å². The SMILES string of the molecule is COc1ccccc1N1CCN(CCCn2c(=O)[nH]cc(C(C)c3ccncc3)c2=O)CC1. The molecule has 8 heteroatoms. The minimum Gasteiger partial charge on any atom is -0.495 e. The molecule has 1 atom stereocenters. The molecule has 0 aliphatic carbocycles. The first-order valence-electron chi connectivity index (χ1n) is 11.4. The van der Waals surface area contributed by atoms with E-state index in [1.165, 1.54) is 4.57 Å². The Bertz CT molecular complexity index is 1170. The third kappa shape index (κ3) is 5.17. The first kappa shape index (κ1) is 22.8. The molecule has 1 unspecified atom stereocenters. The quantitative estimate of drug-likeness (QED) is 0.568. The molecule has 1 aliphatic heterocycles. The second kappa shape index (κ2) is 10.5. The molecule has 0 radical (unpaired) electrons. The molecule has 1 aromatic carbocycles. The maximum absolute atomic E-state index is 13.0. The lowest BCUT2D eigenvalue weighted by molar-refractivity contribution is 0.248. The highest BCUT2D eigenvalue weighted by atomic mass is 16.5. The summed E-state index contributed by atoms with van der Waals surface area (Å²) in [5, 5.41) is 0. The van der Waals surface area contributed by atoms with Crippen LogP contribution in [0.5, 0.6) is 5.75 Å². The van der Waals surface area contributed by atoms with Crippen LogP contribution in [-0.2, 0) is 6.54 Å². The largest absolute Gasteiger partial charge is 0.495 e. The van der Waals surface area contributed by atoms with Crippen molar-refractivity contribution in [2.24, 2.45) is 0 Å². The fourth-order valence-electron chi connectivity index (χ4n) is 4.43. The highest BCUT2D eigenvalue weighted by Gasteiger charge is 2.20. The Morgan fingerprint density at radius 1 is 1.03 bits per heavy atom. The van der Waals surface area contributed by atoms with Gasteiger partial charge in [-0.1, -0.05) is 19.1 Å². The lowest BCUT2D eigenvalue weighted by atomic mass is 9.96. The van der Waals surface area contributed by atoms with E-state index in [2.05, 4.69) is 25.8 Å². The number of nitrogens with one attached hydrogen (secondary N) is 1. The lowest BCUT2D eigenvalue weighted by Crippen LogP contribution is -2.47. The Morgan fingerprint density at radius 3 is 2.48 bits per heavy atom. The summed E-state index contributed by atoms with van der Waals surface area (Å²) in [7, 11) is 1.70. The van der Waals surface area contributed by atoms with Gasteiger partial charge in [0.2, 0.25) is 0 Å². The molecule has 3 aromatic rings. The average molecular weight is 450 g/mol. The van der Waals surface area contributed by atoms with Crippen LogP contribution in [0.3, 0.4) is 0 Å². The van der Waals surface area contributed by atoms with Crippen LogP contribution in [-0.4, -0.2) is 59.3 Å². The number of aromatic nitrogens is 3. The smallest absolute Gasteiger partial charge is 0.328 e. The zero-order chi connectivity index (χ0) is 23.2. The molecule has 0 amide bonds. The summed E-state index contributed by atoms with van der Waals surface area (Å²) in [6.07, 6.45) is 5.71. The normalized spacial score (nSPS) is 15.4. The van der Waals surface area contributed by atoms with Crippen molar-refractivity contribution in [2.75, 3.05) is 44.7 Å². The molecular weight excluding hydrogens is 418 g/mol. The van der Waals surface area contributed by atoms with E-state index < -0.39 is 0 Å². The predicted octanol–water partition coefficient (Wildman–Crippen LogP) is 2.30. The summed E-state index contributed by atoms with van der Waals surface area (Å²) in [5.41, 5.74) is 2.13. The van der Waals surface area contributed by atoms with Crippen molar-refractivity contribution in [3.8, 4) is 5.75 Å². The first-order valence-corrected chi connectivity index (χ1v) is 11.4. The third-order valence-corrected chi connectivity index (χ3v) is 6.42. The molecule has 33 heavy (non-hydrogen) atoms. The van der Waals surface area contributed by atoms with Crippen molar-refractivity contribution in [3.05, 3.63) is 87.0 Å². The van der Waals surface area contributed by atoms with Crippen LogP contribution in [0.2, 0.25) is 0 Å². The maximum atomic E-state index is 13.0. The highest BCUT2D eigenvalue weighted by Crippen LogP contribution is 2.28. The third-order valence-electron chi connectivity index (χ3n) is 6.42. The molecule has 1 saturated heterocycles. The number of piperazine rings is 1. The minimum atomic E-state index is -0.355. The van der Waals surface area contributed by atoms with Crippen molar-refractivity contribution in [1.29, 1.82) is 0 Å². The van der Waals surface area contributed by atoms with Crippen LogP contribution < -0.4 is 20.9 Å². The predicted molar refractivity (Wildman–Crippen MR) is 129 cm³/mol. The number of H-pyrrole nitrogens is 1. The van der Waals surface area contributed by atoms with Crippen LogP contribution in [0.1, 0.15) is 30.4 Å². The van der Waals surface area contributed by atoms with Gasteiger partial charge in [-0.25, -0.2) is 4.79 Å². The van der Waals surface area contributed by atoms with E-state index in [0.717, 1.165) is 56.1 Å². The monoisotopic (exact) mass is 449 g/mol. The minimum absolute atomic E-state index is 0.119. The second-order valence-electron chi connectivity index (χ2n) is 8.36. The van der Waals surface area contributed by atoms with E-state index in [1.54, 1.807) is 25.7 Å². The molecule has 0 saturated carbocycles. The number of aromatic amines is 1. The number of hydrogen-bond donors (Lipinski definition) is 1. The molecule has 4 rings (SSSR count). The summed E-state index contributed by atoms with van der Waals surface area (Å²) in [6, 6.07) is 11.9. The Morgan fingerprint density at radius 2 is 1.76 bits per heavy atom. The van der Waals surface area contributed by atoms with Gasteiger partial charge < -0.3 is 14.6 Å². The molecule has 1 fully saturated rings. The van der Waals surface area contributed by atoms with Crippen molar-refractivity contribution < 1.29 is 4.74 Å². The molecule has 1 aliphatic rings. The first-order chi connectivity index (χ1) is 16.1. The maximum Gasteiger partial charge on any atom is 0.328 e. The van der Waals surface area contributed by atoms with Crippen LogP contribution in [0.15, 0.2) is 64.6 Å². The van der Waals surface area contributed by atoms with Crippen molar-refractivity contribution in [3.63, 3.8) is 0 Å². The molecule has 8 nitrogen and oxygen atoms in total. The fourth-order valence-corrected chi connectivity index (χ4v) is 4.43. The fraction of sp³-hybridized carbons (Fsp3) is 0.400. The number of para-hydroxylation sites is 2. The van der Waals surface area contributed by atoms with Gasteiger partial charge in [-0.3, -0.25) is 19.2 Å². The number of ether oxygens (including phenoxy) is 1. The molecule has 0 bridgehead atoms. The van der Waals surface area contributed by atoms with Crippen LogP contribution in [0.25, 0.3) is 0 Å². The molecule has 0 spiro atoms. The zero-order valence-electron chi connectivity index (χ0n) is 19.2. The molecular formula is C25H31N5O3. The van der Waals surface area contributed by atoms with Gasteiger partial charge in [0.05, 0.1) is 12.8 Å². The van der Waals surface area contributed by atoms with Gasteiger partial charge in [0, 0.05) is 62.8 Å². The Kier molecular flexibility index (Phi) is 7.24. The van der Waals surface area contributed by atoms with Gasteiger partial charge in [-0.2, -0.15) is 0 Å². The number of methoxy groups -OCH3 is 1. The van der Waals surface area contributed by atoms with E-state index >= 15 is 0 Å². The van der Waals surface area contributed by atoms with Crippen LogP contribution in [0, 0.1) is 0 Å². The Labute approximate surface area is 193 Å². The second-order valence-corrected chi connectivity index (χ2v) is 8.36. The topological polar surface area (TPSA) is 83.5 Å². The standard InChI is InChI=1S/C25H31N5O3/c1-19(20-8-10-26-11-9-20)21-18-27-25(32)30(24(21)31)13-5-12-28-14-16-29(17-15-28)22-6-3-4-7-23(22)33-2/h3-4,6-11,18-19H,5,12-17H2,1-2H3,(H,27,32). The van der Waals surface area contributed by atoms with Crippen molar-refractivity contribution in [1.82, 2.24) is 19.4 Å². The molecule has 2 aromatic heterocycles. The molecule has 174 valence electrons. The number of benzene rings is 1. The summed E-state index contributed by atoms with van der Waals surface area (Å²) in [5.74, 6) is 0.775. The summed E-state index contributed by atoms with van der Waals surface area (Å²) < 4.78 is 6.82. The summed E-state index contributed by atoms with van der Waals surface area (Å²) in [6.45, 7) is 6.91. The number of rotatable bonds is 8. The van der Waals surface area contributed by atoms with E-state index in [4.69, 9.17) is 4.74 Å². The zero-order valence-corrected chi connectivity index (χ0v) is 19.2. The van der Waals surface area contributed by atoms with Crippen molar-refractivity contribution >= 4 is 5.69 Å². The summed E-state index contributed by atoms with van der Waals surface area (Å²) >= 11 is 0. The highest BCUT2D eigenvalue weighted by molar-refractivity contribution is 5.58. The number of anilines is 1. The van der Waals surface area contributed by atoms with E-state index in [-0.39, 0.29) is 17.2 Å². The average Bonchev–Trinajstić information content (AvgIpc) is 2.86. The number of pyridine rings is 1. The van der Waals surface area contributed by atoms with Gasteiger partial charge in [-0.15, -0.1) is 0 Å². The Hall–Kier alpha value is -3.39. The van der Waals surface area contributed by atoms with Crippen LogP contribution >= 0.6 is 0 Å². The molecule has 3 heterocycles. The summed E-state index contributed by atoms with van der Waals surface area (Å²) in [4.78, 5) is 36.9. The Balaban J connectivity index is 1.35. The van der Waals surface area contributed by atoms with Gasteiger partial charge >= 0.3 is 5.69 Å². The van der Waals surface area contributed by atoms with Gasteiger partial charge in [0.1, 0.15) is 5.75 Å². The van der Waals surface area contributed by atoms with Crippen molar-refractivity contribution in [2.45, 2.75) is 25.8 Å². The van der Waals surface area contributed by atoms with Gasteiger partial charge in [-0.05, 0) is 42.8 Å². The van der Waals surface area contributed by atoms with E-state index in [1.807, 2.05) is 37.3 Å². The van der Waals surface area contributed by atoms with E-state index in [9.17, 15) is 9.59 Å². The lowest BCUT2D eigenvalue weighted by Gasteiger charge is -2.36.